The molecule has 1 fully saturated rings. The Kier molecular flexibility index (Phi) is 1.24. The van der Waals surface area contributed by atoms with Crippen LogP contribution in [0.1, 0.15) is 13.8 Å². The first-order valence-electron chi connectivity index (χ1n) is 3.01. The Labute approximate surface area is 54.1 Å². The maximum absolute atomic E-state index is 10.8. The van der Waals surface area contributed by atoms with Crippen molar-refractivity contribution in [3.8, 4) is 0 Å². The molecule has 52 valence electrons. The standard InChI is InChI=1S/C6H11NO2/c1-6(2)4(8)3-7-5(6)9/h4,8H,3H2,1-2H3,(H,7,9). The molecule has 3 nitrogen and oxygen atoms in total. The first-order valence-corrected chi connectivity index (χ1v) is 3.01. The van der Waals surface area contributed by atoms with E-state index in [-0.39, 0.29) is 5.91 Å². The fourth-order valence-corrected chi connectivity index (χ4v) is 0.824. The minimum absolute atomic E-state index is 0.0602. The van der Waals surface area contributed by atoms with Crippen molar-refractivity contribution in [2.45, 2.75) is 20.0 Å². The van der Waals surface area contributed by atoms with E-state index in [1.807, 2.05) is 0 Å². The fraction of sp³-hybridized carbons (Fsp3) is 0.833. The van der Waals surface area contributed by atoms with Crippen LogP contribution in [0.3, 0.4) is 0 Å². The zero-order valence-electron chi connectivity index (χ0n) is 5.64. The second-order valence-electron chi connectivity index (χ2n) is 2.95. The lowest BCUT2D eigenvalue weighted by atomic mass is 9.89. The van der Waals surface area contributed by atoms with Crippen molar-refractivity contribution in [1.82, 2.24) is 5.32 Å². The lowest BCUT2D eigenvalue weighted by Gasteiger charge is -2.17. The summed E-state index contributed by atoms with van der Waals surface area (Å²) in [5.41, 5.74) is -0.583. The Morgan fingerprint density at radius 1 is 1.78 bits per heavy atom. The first kappa shape index (κ1) is 6.55. The minimum Gasteiger partial charge on any atom is -0.390 e. The first-order chi connectivity index (χ1) is 4.05. The molecule has 0 aromatic heterocycles. The van der Waals surface area contributed by atoms with Crippen LogP contribution in [0.25, 0.3) is 0 Å². The number of amides is 1. The van der Waals surface area contributed by atoms with Crippen molar-refractivity contribution in [3.05, 3.63) is 0 Å². The second-order valence-corrected chi connectivity index (χ2v) is 2.95. The molecule has 1 heterocycles. The average molecular weight is 129 g/mol. The van der Waals surface area contributed by atoms with Crippen molar-refractivity contribution in [2.24, 2.45) is 5.41 Å². The molecule has 1 amide bonds. The predicted octanol–water partition coefficient (Wildman–Crippen LogP) is -0.497. The molecule has 2 N–H and O–H groups in total. The van der Waals surface area contributed by atoms with Gasteiger partial charge in [-0.1, -0.05) is 0 Å². The van der Waals surface area contributed by atoms with Crippen molar-refractivity contribution < 1.29 is 9.90 Å². The van der Waals surface area contributed by atoms with Gasteiger partial charge in [0.2, 0.25) is 5.91 Å². The number of aliphatic hydroxyl groups is 1. The van der Waals surface area contributed by atoms with Gasteiger partial charge in [0.25, 0.3) is 0 Å². The number of hydrogen-bond donors (Lipinski definition) is 2. The number of aliphatic hydroxyl groups excluding tert-OH is 1. The Hall–Kier alpha value is -0.570. The monoisotopic (exact) mass is 129 g/mol. The van der Waals surface area contributed by atoms with E-state index in [4.69, 9.17) is 5.11 Å². The molecule has 9 heavy (non-hydrogen) atoms. The highest BCUT2D eigenvalue weighted by atomic mass is 16.3. The molecular formula is C6H11NO2. The molecule has 0 aromatic carbocycles. The Balaban J connectivity index is 2.78. The quantitative estimate of drug-likeness (QED) is 0.463. The van der Waals surface area contributed by atoms with Crippen LogP contribution >= 0.6 is 0 Å². The van der Waals surface area contributed by atoms with Crippen LogP contribution in [-0.2, 0) is 4.79 Å². The molecule has 0 aromatic rings. The summed E-state index contributed by atoms with van der Waals surface area (Å²) in [5, 5.41) is 11.7. The van der Waals surface area contributed by atoms with Crippen LogP contribution < -0.4 is 5.32 Å². The molecule has 0 bridgehead atoms. The molecule has 0 aliphatic carbocycles. The lowest BCUT2D eigenvalue weighted by Crippen LogP contribution is -2.31. The van der Waals surface area contributed by atoms with Crippen LogP contribution in [0, 0.1) is 5.41 Å². The van der Waals surface area contributed by atoms with E-state index in [0.717, 1.165) is 0 Å². The van der Waals surface area contributed by atoms with Crippen molar-refractivity contribution in [2.75, 3.05) is 6.54 Å². The van der Waals surface area contributed by atoms with Crippen molar-refractivity contribution in [1.29, 1.82) is 0 Å². The highest BCUT2D eigenvalue weighted by Gasteiger charge is 2.40. The molecule has 1 saturated heterocycles. The van der Waals surface area contributed by atoms with Crippen LogP contribution in [-0.4, -0.2) is 23.7 Å². The van der Waals surface area contributed by atoms with Gasteiger partial charge in [-0.25, -0.2) is 0 Å². The SMILES string of the molecule is CC1(C)C(=O)NCC1O. The number of β-amino-alcohol motifs (C(OH)–C–C–N with tert-alkyl or cyclic N) is 1. The van der Waals surface area contributed by atoms with E-state index in [1.54, 1.807) is 13.8 Å². The number of nitrogens with one attached hydrogen (secondary N) is 1. The van der Waals surface area contributed by atoms with Gasteiger partial charge in [-0.3, -0.25) is 4.79 Å². The highest BCUT2D eigenvalue weighted by Crippen LogP contribution is 2.24. The van der Waals surface area contributed by atoms with E-state index >= 15 is 0 Å². The zero-order valence-corrected chi connectivity index (χ0v) is 5.64. The normalized spacial score (nSPS) is 32.3. The van der Waals surface area contributed by atoms with Crippen LogP contribution in [0.15, 0.2) is 0 Å². The van der Waals surface area contributed by atoms with E-state index in [9.17, 15) is 4.79 Å². The third-order valence-electron chi connectivity index (χ3n) is 1.87. The van der Waals surface area contributed by atoms with Gasteiger partial charge in [0.05, 0.1) is 11.5 Å². The summed E-state index contributed by atoms with van der Waals surface area (Å²) in [6.45, 7) is 3.87. The molecular weight excluding hydrogens is 118 g/mol. The maximum Gasteiger partial charge on any atom is 0.228 e. The fourth-order valence-electron chi connectivity index (χ4n) is 0.824. The molecule has 1 atom stereocenters. The van der Waals surface area contributed by atoms with Crippen LogP contribution in [0.2, 0.25) is 0 Å². The maximum atomic E-state index is 10.8. The van der Waals surface area contributed by atoms with E-state index < -0.39 is 11.5 Å². The van der Waals surface area contributed by atoms with Gasteiger partial charge in [-0.05, 0) is 13.8 Å². The molecule has 1 rings (SSSR count). The van der Waals surface area contributed by atoms with Crippen molar-refractivity contribution >= 4 is 5.91 Å². The summed E-state index contributed by atoms with van der Waals surface area (Å²) in [7, 11) is 0. The molecule has 0 saturated carbocycles. The van der Waals surface area contributed by atoms with Crippen LogP contribution in [0.5, 0.6) is 0 Å². The number of rotatable bonds is 0. The van der Waals surface area contributed by atoms with Crippen LogP contribution in [0.4, 0.5) is 0 Å². The summed E-state index contributed by atoms with van der Waals surface area (Å²) in [5.74, 6) is -0.0602. The summed E-state index contributed by atoms with van der Waals surface area (Å²) < 4.78 is 0. The highest BCUT2D eigenvalue weighted by molar-refractivity contribution is 5.84. The zero-order chi connectivity index (χ0) is 7.07. The van der Waals surface area contributed by atoms with Gasteiger partial charge >= 0.3 is 0 Å². The summed E-state index contributed by atoms with van der Waals surface area (Å²) in [6.07, 6.45) is -0.523. The largest absolute Gasteiger partial charge is 0.390 e. The van der Waals surface area contributed by atoms with E-state index in [1.165, 1.54) is 0 Å². The van der Waals surface area contributed by atoms with Gasteiger partial charge < -0.3 is 10.4 Å². The minimum atomic E-state index is -0.583. The van der Waals surface area contributed by atoms with Gasteiger partial charge in [0.1, 0.15) is 0 Å². The Morgan fingerprint density at radius 2 is 2.33 bits per heavy atom. The van der Waals surface area contributed by atoms with E-state index in [0.29, 0.717) is 6.54 Å². The van der Waals surface area contributed by atoms with E-state index in [2.05, 4.69) is 5.32 Å². The van der Waals surface area contributed by atoms with Crippen molar-refractivity contribution in [3.63, 3.8) is 0 Å². The Morgan fingerprint density at radius 3 is 2.44 bits per heavy atom. The number of carbonyl (C=O) groups is 1. The molecule has 0 radical (unpaired) electrons. The molecule has 3 heteroatoms. The summed E-state index contributed by atoms with van der Waals surface area (Å²) >= 11 is 0. The predicted molar refractivity (Wildman–Crippen MR) is 32.8 cm³/mol. The van der Waals surface area contributed by atoms with Gasteiger partial charge in [0.15, 0.2) is 0 Å². The summed E-state index contributed by atoms with van der Waals surface area (Å²) in [6, 6.07) is 0. The topological polar surface area (TPSA) is 49.3 Å². The van der Waals surface area contributed by atoms with Gasteiger partial charge in [0, 0.05) is 6.54 Å². The Bertz CT molecular complexity index is 142. The third-order valence-corrected chi connectivity index (χ3v) is 1.87. The molecule has 1 unspecified atom stereocenters. The molecule has 1 aliphatic heterocycles. The smallest absolute Gasteiger partial charge is 0.228 e. The van der Waals surface area contributed by atoms with Gasteiger partial charge in [-0.15, -0.1) is 0 Å². The number of carbonyl (C=O) groups excluding carboxylic acids is 1. The third kappa shape index (κ3) is 0.812. The lowest BCUT2D eigenvalue weighted by molar-refractivity contribution is -0.128. The second kappa shape index (κ2) is 1.70. The molecule has 0 spiro atoms. The van der Waals surface area contributed by atoms with Gasteiger partial charge in [-0.2, -0.15) is 0 Å². The average Bonchev–Trinajstić information content (AvgIpc) is 1.96. The molecule has 1 aliphatic rings. The number of hydrogen-bond acceptors (Lipinski definition) is 2. The summed E-state index contributed by atoms with van der Waals surface area (Å²) in [4.78, 5) is 10.8.